The molecule has 332 valence electrons. The number of nitrogens with one attached hydrogen (secondary N) is 1. The SMILES string of the molecule is CC(C)(C)OC(=O)NC(CC#N)C1CCN(C(=O)OCc2ccccc2)C1.CC(C)(C)OC(=O)OC(=O)OC(C)(C)C.N#C/C=C/C1CCN(C(=O)OCc2ccccc2)C1. The Labute approximate surface area is 359 Å². The molecule has 1 N–H and O–H groups in total. The number of carbonyl (C=O) groups is 5. The number of rotatable bonds is 8. The van der Waals surface area contributed by atoms with E-state index in [-0.39, 0.29) is 43.1 Å². The average Bonchev–Trinajstić information content (AvgIpc) is 3.85. The Morgan fingerprint density at radius 1 is 0.705 bits per heavy atom. The zero-order chi connectivity index (χ0) is 45.6. The molecule has 61 heavy (non-hydrogen) atoms. The van der Waals surface area contributed by atoms with Gasteiger partial charge < -0.3 is 43.5 Å². The second kappa shape index (κ2) is 24.7. The fourth-order valence-electron chi connectivity index (χ4n) is 5.69. The minimum atomic E-state index is -1.06. The molecule has 3 amide bonds. The van der Waals surface area contributed by atoms with Gasteiger partial charge in [0.25, 0.3) is 0 Å². The van der Waals surface area contributed by atoms with Gasteiger partial charge in [0.1, 0.15) is 30.0 Å². The van der Waals surface area contributed by atoms with Crippen LogP contribution in [0, 0.1) is 34.5 Å². The molecule has 2 aliphatic heterocycles. The van der Waals surface area contributed by atoms with Crippen LogP contribution in [0.2, 0.25) is 0 Å². The summed E-state index contributed by atoms with van der Waals surface area (Å²) >= 11 is 0. The molecule has 0 aliphatic carbocycles. The van der Waals surface area contributed by atoms with Gasteiger partial charge in [-0.3, -0.25) is 0 Å². The molecule has 2 aliphatic rings. The van der Waals surface area contributed by atoms with Gasteiger partial charge in [-0.25, -0.2) is 24.0 Å². The van der Waals surface area contributed by atoms with Gasteiger partial charge in [0.05, 0.1) is 18.6 Å². The molecule has 0 bridgehead atoms. The van der Waals surface area contributed by atoms with Crippen LogP contribution in [0.4, 0.5) is 24.0 Å². The van der Waals surface area contributed by atoms with Crippen molar-refractivity contribution >= 4 is 30.6 Å². The minimum absolute atomic E-state index is 0.0126. The number of hydrogen-bond acceptors (Lipinski definition) is 13. The number of nitriles is 2. The molecule has 2 saturated heterocycles. The molecule has 2 fully saturated rings. The summed E-state index contributed by atoms with van der Waals surface area (Å²) in [5.74, 6) is 0.255. The van der Waals surface area contributed by atoms with Gasteiger partial charge >= 0.3 is 30.6 Å². The van der Waals surface area contributed by atoms with Crippen molar-refractivity contribution in [1.82, 2.24) is 15.1 Å². The van der Waals surface area contributed by atoms with Crippen molar-refractivity contribution in [3.05, 3.63) is 83.9 Å². The largest absolute Gasteiger partial charge is 0.519 e. The van der Waals surface area contributed by atoms with E-state index in [0.717, 1.165) is 17.5 Å². The van der Waals surface area contributed by atoms with E-state index in [1.54, 1.807) is 72.1 Å². The molecule has 3 unspecified atom stereocenters. The number of likely N-dealkylation sites (tertiary alicyclic amines) is 2. The maximum absolute atomic E-state index is 12.3. The zero-order valence-electron chi connectivity index (χ0n) is 36.8. The molecule has 0 radical (unpaired) electrons. The van der Waals surface area contributed by atoms with Gasteiger partial charge in [-0.2, -0.15) is 10.5 Å². The topological polar surface area (TPSA) is 207 Å². The van der Waals surface area contributed by atoms with E-state index in [0.29, 0.717) is 39.2 Å². The molecular formula is C45H61N5O11. The lowest BCUT2D eigenvalue weighted by Crippen LogP contribution is -2.44. The summed E-state index contributed by atoms with van der Waals surface area (Å²) in [5, 5.41) is 20.3. The maximum atomic E-state index is 12.3. The van der Waals surface area contributed by atoms with E-state index < -0.39 is 35.2 Å². The number of allylic oxidation sites excluding steroid dienone is 1. The fraction of sp³-hybridized carbons (Fsp3) is 0.533. The van der Waals surface area contributed by atoms with Crippen molar-refractivity contribution in [3.63, 3.8) is 0 Å². The monoisotopic (exact) mass is 847 g/mol. The Bertz CT molecular complexity index is 1800. The van der Waals surface area contributed by atoms with Crippen LogP contribution in [-0.4, -0.2) is 89.4 Å². The highest BCUT2D eigenvalue weighted by Crippen LogP contribution is 2.23. The second-order valence-electron chi connectivity index (χ2n) is 17.2. The van der Waals surface area contributed by atoms with Crippen LogP contribution >= 0.6 is 0 Å². The average molecular weight is 848 g/mol. The molecule has 0 spiro atoms. The number of nitrogens with zero attached hydrogens (tertiary/aromatic N) is 4. The van der Waals surface area contributed by atoms with Gasteiger partial charge in [-0.05, 0) is 98.1 Å². The first-order valence-corrected chi connectivity index (χ1v) is 20.0. The summed E-state index contributed by atoms with van der Waals surface area (Å²) in [7, 11) is 0. The smallest absolute Gasteiger partial charge is 0.445 e. The molecule has 2 heterocycles. The van der Waals surface area contributed by atoms with E-state index in [2.05, 4.69) is 16.1 Å². The van der Waals surface area contributed by atoms with Gasteiger partial charge in [-0.15, -0.1) is 0 Å². The second-order valence-corrected chi connectivity index (χ2v) is 17.2. The maximum Gasteiger partial charge on any atom is 0.519 e. The van der Waals surface area contributed by atoms with Crippen LogP contribution in [0.1, 0.15) is 92.7 Å². The number of ether oxygens (including phenoxy) is 6. The Hall–Kier alpha value is -6.29. The Balaban J connectivity index is 0.000000332. The van der Waals surface area contributed by atoms with Crippen LogP contribution in [0.25, 0.3) is 0 Å². The fourth-order valence-corrected chi connectivity index (χ4v) is 5.69. The van der Waals surface area contributed by atoms with Crippen molar-refractivity contribution in [1.29, 1.82) is 10.5 Å². The van der Waals surface area contributed by atoms with Gasteiger partial charge in [0.2, 0.25) is 0 Å². The third-order valence-corrected chi connectivity index (χ3v) is 8.35. The van der Waals surface area contributed by atoms with Crippen molar-refractivity contribution in [2.24, 2.45) is 11.8 Å². The standard InChI is InChI=1S/C20H27N3O4.C15H16N2O2.C10H18O5/c1-20(2,3)27-18(24)22-17(9-11-21)16-10-12-23(13-16)19(25)26-14-15-7-5-4-6-8-15;16-9-4-7-13-8-10-17(11-13)15(18)19-12-14-5-2-1-3-6-14;1-9(2,3)14-7(11)13-8(12)15-10(4,5)6/h4-8,16-17H,9-10,12-14H2,1-3H3,(H,22,24);1-7,13H,8,10-12H2;1-6H3/b;7-4+;. The quantitative estimate of drug-likeness (QED) is 0.114. The van der Waals surface area contributed by atoms with Crippen molar-refractivity contribution in [2.45, 2.75) is 118 Å². The van der Waals surface area contributed by atoms with Crippen LogP contribution < -0.4 is 5.32 Å². The summed E-state index contributed by atoms with van der Waals surface area (Å²) in [5.41, 5.74) is -0.0888. The van der Waals surface area contributed by atoms with E-state index >= 15 is 0 Å². The summed E-state index contributed by atoms with van der Waals surface area (Å²) in [6.07, 6.45) is 1.75. The first kappa shape index (κ1) is 50.9. The summed E-state index contributed by atoms with van der Waals surface area (Å²) < 4.78 is 29.7. The van der Waals surface area contributed by atoms with Crippen molar-refractivity contribution in [3.8, 4) is 12.1 Å². The lowest BCUT2D eigenvalue weighted by atomic mass is 9.97. The van der Waals surface area contributed by atoms with Gasteiger partial charge in [0, 0.05) is 38.3 Å². The molecule has 0 saturated carbocycles. The lowest BCUT2D eigenvalue weighted by molar-refractivity contribution is -0.0294. The summed E-state index contributed by atoms with van der Waals surface area (Å²) in [6.45, 7) is 18.2. The molecule has 4 rings (SSSR count). The first-order chi connectivity index (χ1) is 28.6. The highest BCUT2D eigenvalue weighted by atomic mass is 16.8. The summed E-state index contributed by atoms with van der Waals surface area (Å²) in [6, 6.07) is 22.8. The Morgan fingerprint density at radius 2 is 1.16 bits per heavy atom. The minimum Gasteiger partial charge on any atom is -0.445 e. The molecule has 2 aromatic carbocycles. The van der Waals surface area contributed by atoms with Crippen molar-refractivity contribution < 1.29 is 52.4 Å². The molecule has 16 nitrogen and oxygen atoms in total. The van der Waals surface area contributed by atoms with Crippen LogP contribution in [-0.2, 0) is 41.6 Å². The highest BCUT2D eigenvalue weighted by molar-refractivity contribution is 5.77. The lowest BCUT2D eigenvalue weighted by Gasteiger charge is -2.26. The third-order valence-electron chi connectivity index (χ3n) is 8.35. The zero-order valence-corrected chi connectivity index (χ0v) is 36.8. The summed E-state index contributed by atoms with van der Waals surface area (Å²) in [4.78, 5) is 61.5. The van der Waals surface area contributed by atoms with E-state index in [1.165, 1.54) is 6.08 Å². The molecular weight excluding hydrogens is 787 g/mol. The molecule has 2 aromatic rings. The molecule has 16 heteroatoms. The normalized spacial score (nSPS) is 16.5. The van der Waals surface area contributed by atoms with Crippen molar-refractivity contribution in [2.75, 3.05) is 26.2 Å². The van der Waals surface area contributed by atoms with E-state index in [1.807, 2.05) is 72.8 Å². The number of carbonyl (C=O) groups excluding carboxylic acids is 5. The first-order valence-electron chi connectivity index (χ1n) is 20.0. The number of benzene rings is 2. The Morgan fingerprint density at radius 3 is 1.61 bits per heavy atom. The predicted octanol–water partition coefficient (Wildman–Crippen LogP) is 9.05. The van der Waals surface area contributed by atoms with Gasteiger partial charge in [0.15, 0.2) is 0 Å². The number of hydrogen-bond donors (Lipinski definition) is 1. The van der Waals surface area contributed by atoms with Crippen LogP contribution in [0.3, 0.4) is 0 Å². The molecule has 0 aromatic heterocycles. The number of alkyl carbamates (subject to hydrolysis) is 1. The number of amides is 3. The third kappa shape index (κ3) is 22.6. The van der Waals surface area contributed by atoms with Crippen LogP contribution in [0.5, 0.6) is 0 Å². The Kier molecular flexibility index (Phi) is 20.6. The van der Waals surface area contributed by atoms with E-state index in [9.17, 15) is 24.0 Å². The van der Waals surface area contributed by atoms with Crippen LogP contribution in [0.15, 0.2) is 72.8 Å². The molecule has 3 atom stereocenters. The highest BCUT2D eigenvalue weighted by Gasteiger charge is 2.34. The predicted molar refractivity (Wildman–Crippen MR) is 224 cm³/mol. The van der Waals surface area contributed by atoms with Gasteiger partial charge in [-0.1, -0.05) is 66.7 Å². The van der Waals surface area contributed by atoms with E-state index in [4.69, 9.17) is 34.2 Å².